The summed E-state index contributed by atoms with van der Waals surface area (Å²) in [4.78, 5) is 0. The van der Waals surface area contributed by atoms with Crippen molar-refractivity contribution in [2.24, 2.45) is 0 Å². The minimum atomic E-state index is -0.151. The molecule has 0 saturated heterocycles. The maximum atomic E-state index is 9.69. The highest BCUT2D eigenvalue weighted by molar-refractivity contribution is 9.11. The Morgan fingerprint density at radius 1 is 1.37 bits per heavy atom. The molecule has 1 aliphatic rings. The van der Waals surface area contributed by atoms with Crippen LogP contribution in [-0.4, -0.2) is 24.4 Å². The van der Waals surface area contributed by atoms with Crippen LogP contribution < -0.4 is 10.1 Å². The van der Waals surface area contributed by atoms with Crippen LogP contribution in [0.4, 0.5) is 0 Å². The lowest BCUT2D eigenvalue weighted by molar-refractivity contribution is 0.111. The largest absolute Gasteiger partial charge is 0.495 e. The molecule has 2 N–H and O–H groups in total. The fourth-order valence-electron chi connectivity index (χ4n) is 2.58. The highest BCUT2D eigenvalue weighted by Crippen LogP contribution is 2.33. The molecule has 0 spiro atoms. The molecule has 2 rings (SSSR count). The van der Waals surface area contributed by atoms with Crippen molar-refractivity contribution < 1.29 is 9.84 Å². The smallest absolute Gasteiger partial charge is 0.137 e. The second-order valence-corrected chi connectivity index (χ2v) is 6.75. The summed E-state index contributed by atoms with van der Waals surface area (Å²) in [6, 6.07) is 4.44. The molecule has 1 aromatic rings. The lowest BCUT2D eigenvalue weighted by Crippen LogP contribution is -2.35. The standard InChI is InChI=1S/C14H19Br2NO2/c1-19-14-9(5-10(15)6-13(14)16)8-17-11-3-2-4-12(18)7-11/h5-6,11-12,17-18H,2-4,7-8H2,1H3. The monoisotopic (exact) mass is 391 g/mol. The van der Waals surface area contributed by atoms with Crippen LogP contribution in [0.15, 0.2) is 21.1 Å². The van der Waals surface area contributed by atoms with E-state index in [-0.39, 0.29) is 6.10 Å². The first-order valence-corrected chi connectivity index (χ1v) is 8.12. The van der Waals surface area contributed by atoms with Gasteiger partial charge in [-0.05, 0) is 53.7 Å². The van der Waals surface area contributed by atoms with Crippen LogP contribution in [0.25, 0.3) is 0 Å². The molecule has 0 heterocycles. The summed E-state index contributed by atoms with van der Waals surface area (Å²) in [5.74, 6) is 0.868. The molecule has 0 aliphatic heterocycles. The first-order chi connectivity index (χ1) is 9.10. The van der Waals surface area contributed by atoms with E-state index < -0.39 is 0 Å². The number of rotatable bonds is 4. The third-order valence-electron chi connectivity index (χ3n) is 3.52. The molecule has 0 bridgehead atoms. The van der Waals surface area contributed by atoms with Gasteiger partial charge in [0.15, 0.2) is 0 Å². The van der Waals surface area contributed by atoms with E-state index in [1.54, 1.807) is 7.11 Å². The summed E-state index contributed by atoms with van der Waals surface area (Å²) in [5, 5.41) is 13.2. The summed E-state index contributed by atoms with van der Waals surface area (Å²) < 4.78 is 7.41. The Balaban J connectivity index is 2.02. The van der Waals surface area contributed by atoms with Crippen LogP contribution in [0.2, 0.25) is 0 Å². The molecule has 106 valence electrons. The Labute approximate surface area is 131 Å². The second-order valence-electron chi connectivity index (χ2n) is 4.98. The van der Waals surface area contributed by atoms with Crippen molar-refractivity contribution >= 4 is 31.9 Å². The number of halogens is 2. The van der Waals surface area contributed by atoms with E-state index in [2.05, 4.69) is 43.2 Å². The highest BCUT2D eigenvalue weighted by Gasteiger charge is 2.20. The minimum Gasteiger partial charge on any atom is -0.495 e. The normalized spacial score (nSPS) is 23.4. The van der Waals surface area contributed by atoms with E-state index in [1.807, 2.05) is 6.07 Å². The molecule has 0 radical (unpaired) electrons. The van der Waals surface area contributed by atoms with Crippen molar-refractivity contribution in [2.45, 2.75) is 44.4 Å². The summed E-state index contributed by atoms with van der Waals surface area (Å²) in [6.07, 6.45) is 3.86. The molecule has 3 nitrogen and oxygen atoms in total. The maximum absolute atomic E-state index is 9.69. The predicted octanol–water partition coefficient (Wildman–Crippen LogP) is 3.61. The van der Waals surface area contributed by atoms with Crippen molar-refractivity contribution in [1.29, 1.82) is 0 Å². The Bertz CT molecular complexity index is 440. The summed E-state index contributed by atoms with van der Waals surface area (Å²) in [6.45, 7) is 0.749. The van der Waals surface area contributed by atoms with E-state index in [4.69, 9.17) is 4.74 Å². The van der Waals surface area contributed by atoms with Gasteiger partial charge in [-0.1, -0.05) is 15.9 Å². The van der Waals surface area contributed by atoms with Gasteiger partial charge in [-0.2, -0.15) is 0 Å². The van der Waals surface area contributed by atoms with Gasteiger partial charge in [0.25, 0.3) is 0 Å². The summed E-state index contributed by atoms with van der Waals surface area (Å²) in [5.41, 5.74) is 1.11. The summed E-state index contributed by atoms with van der Waals surface area (Å²) >= 11 is 7.01. The molecule has 1 aromatic carbocycles. The molecular weight excluding hydrogens is 374 g/mol. The summed E-state index contributed by atoms with van der Waals surface area (Å²) in [7, 11) is 1.68. The van der Waals surface area contributed by atoms with E-state index in [1.165, 1.54) is 0 Å². The first-order valence-electron chi connectivity index (χ1n) is 6.53. The lowest BCUT2D eigenvalue weighted by atomic mass is 9.93. The van der Waals surface area contributed by atoms with Crippen LogP contribution in [0.5, 0.6) is 5.75 Å². The molecule has 2 unspecified atom stereocenters. The zero-order valence-corrected chi connectivity index (χ0v) is 14.1. The SMILES string of the molecule is COc1c(Br)cc(Br)cc1CNC1CCCC(O)C1. The van der Waals surface area contributed by atoms with Gasteiger partial charge in [-0.25, -0.2) is 0 Å². The van der Waals surface area contributed by atoms with Gasteiger partial charge in [0.2, 0.25) is 0 Å². The Hall–Kier alpha value is -0.100. The Morgan fingerprint density at radius 2 is 2.16 bits per heavy atom. The lowest BCUT2D eigenvalue weighted by Gasteiger charge is -2.27. The molecule has 2 atom stereocenters. The van der Waals surface area contributed by atoms with Crippen molar-refractivity contribution in [2.75, 3.05) is 7.11 Å². The minimum absolute atomic E-state index is 0.151. The van der Waals surface area contributed by atoms with Gasteiger partial charge in [0, 0.05) is 22.6 Å². The number of hydrogen-bond acceptors (Lipinski definition) is 3. The number of methoxy groups -OCH3 is 1. The van der Waals surface area contributed by atoms with Gasteiger partial charge in [0.1, 0.15) is 5.75 Å². The van der Waals surface area contributed by atoms with Crippen molar-refractivity contribution in [3.8, 4) is 5.75 Å². The number of hydrogen-bond donors (Lipinski definition) is 2. The topological polar surface area (TPSA) is 41.5 Å². The van der Waals surface area contributed by atoms with Gasteiger partial charge in [0.05, 0.1) is 17.7 Å². The van der Waals surface area contributed by atoms with E-state index in [0.29, 0.717) is 6.04 Å². The molecule has 0 amide bonds. The number of aliphatic hydroxyl groups is 1. The van der Waals surface area contributed by atoms with E-state index in [9.17, 15) is 5.11 Å². The van der Waals surface area contributed by atoms with Crippen molar-refractivity contribution in [3.63, 3.8) is 0 Å². The predicted molar refractivity (Wildman–Crippen MR) is 83.5 cm³/mol. The van der Waals surface area contributed by atoms with Crippen LogP contribution >= 0.6 is 31.9 Å². The van der Waals surface area contributed by atoms with Crippen LogP contribution in [0, 0.1) is 0 Å². The zero-order valence-electron chi connectivity index (χ0n) is 11.0. The van der Waals surface area contributed by atoms with Crippen LogP contribution in [0.1, 0.15) is 31.2 Å². The average molecular weight is 393 g/mol. The van der Waals surface area contributed by atoms with Gasteiger partial charge in [-0.3, -0.25) is 0 Å². The number of nitrogens with one attached hydrogen (secondary N) is 1. The van der Waals surface area contributed by atoms with Gasteiger partial charge < -0.3 is 15.2 Å². The second kappa shape index (κ2) is 7.07. The fourth-order valence-corrected chi connectivity index (χ4v) is 4.05. The molecule has 1 aliphatic carbocycles. The molecule has 1 saturated carbocycles. The van der Waals surface area contributed by atoms with E-state index in [0.717, 1.165) is 52.5 Å². The van der Waals surface area contributed by atoms with Gasteiger partial charge >= 0.3 is 0 Å². The molecular formula is C14H19Br2NO2. The van der Waals surface area contributed by atoms with Crippen LogP contribution in [-0.2, 0) is 6.54 Å². The number of aliphatic hydroxyl groups excluding tert-OH is 1. The van der Waals surface area contributed by atoms with Crippen LogP contribution in [0.3, 0.4) is 0 Å². The number of benzene rings is 1. The third kappa shape index (κ3) is 4.18. The molecule has 1 fully saturated rings. The Kier molecular flexibility index (Phi) is 5.69. The third-order valence-corrected chi connectivity index (χ3v) is 4.56. The molecule has 19 heavy (non-hydrogen) atoms. The Morgan fingerprint density at radius 3 is 2.84 bits per heavy atom. The molecule has 5 heteroatoms. The van der Waals surface area contributed by atoms with Gasteiger partial charge in [-0.15, -0.1) is 0 Å². The maximum Gasteiger partial charge on any atom is 0.137 e. The first kappa shape index (κ1) is 15.3. The average Bonchev–Trinajstić information content (AvgIpc) is 2.36. The zero-order chi connectivity index (χ0) is 13.8. The van der Waals surface area contributed by atoms with Crippen molar-refractivity contribution in [1.82, 2.24) is 5.32 Å². The quantitative estimate of drug-likeness (QED) is 0.822. The van der Waals surface area contributed by atoms with Crippen molar-refractivity contribution in [3.05, 3.63) is 26.6 Å². The fraction of sp³-hybridized carbons (Fsp3) is 0.571. The number of ether oxygens (including phenoxy) is 1. The molecule has 0 aromatic heterocycles. The highest BCUT2D eigenvalue weighted by atomic mass is 79.9. The van der Waals surface area contributed by atoms with E-state index >= 15 is 0 Å².